The SMILES string of the molecule is COc1ccc(S(=O)(=O)N[C@@H](C)c2ccccc2OC)cc1. The zero-order valence-corrected chi connectivity index (χ0v) is 13.6. The third kappa shape index (κ3) is 3.58. The number of sulfonamides is 1. The zero-order valence-electron chi connectivity index (χ0n) is 12.7. The summed E-state index contributed by atoms with van der Waals surface area (Å²) in [5.41, 5.74) is 0.780. The van der Waals surface area contributed by atoms with Gasteiger partial charge in [-0.15, -0.1) is 0 Å². The molecule has 22 heavy (non-hydrogen) atoms. The van der Waals surface area contributed by atoms with Crippen molar-refractivity contribution in [2.45, 2.75) is 17.9 Å². The normalized spacial score (nSPS) is 12.7. The van der Waals surface area contributed by atoms with Gasteiger partial charge in [0.05, 0.1) is 19.1 Å². The first kappa shape index (κ1) is 16.3. The predicted molar refractivity (Wildman–Crippen MR) is 84.7 cm³/mol. The number of hydrogen-bond acceptors (Lipinski definition) is 4. The summed E-state index contributed by atoms with van der Waals surface area (Å²) < 4.78 is 37.8. The van der Waals surface area contributed by atoms with E-state index in [9.17, 15) is 8.42 Å². The van der Waals surface area contributed by atoms with Gasteiger partial charge in [0.25, 0.3) is 0 Å². The van der Waals surface area contributed by atoms with Gasteiger partial charge >= 0.3 is 0 Å². The molecule has 0 bridgehead atoms. The van der Waals surface area contributed by atoms with E-state index in [0.717, 1.165) is 5.56 Å². The summed E-state index contributed by atoms with van der Waals surface area (Å²) in [6, 6.07) is 13.1. The molecule has 0 aliphatic rings. The fourth-order valence-corrected chi connectivity index (χ4v) is 3.37. The van der Waals surface area contributed by atoms with E-state index in [1.54, 1.807) is 32.2 Å². The Balaban J connectivity index is 2.23. The van der Waals surface area contributed by atoms with Gasteiger partial charge in [-0.25, -0.2) is 13.1 Å². The van der Waals surface area contributed by atoms with Crippen molar-refractivity contribution in [3.05, 3.63) is 54.1 Å². The number of rotatable bonds is 6. The minimum Gasteiger partial charge on any atom is -0.497 e. The van der Waals surface area contributed by atoms with Crippen LogP contribution in [0.2, 0.25) is 0 Å². The lowest BCUT2D eigenvalue weighted by molar-refractivity contribution is 0.405. The third-order valence-corrected chi connectivity index (χ3v) is 4.86. The van der Waals surface area contributed by atoms with Crippen molar-refractivity contribution in [2.75, 3.05) is 14.2 Å². The molecular weight excluding hydrogens is 302 g/mol. The zero-order chi connectivity index (χ0) is 16.2. The van der Waals surface area contributed by atoms with Crippen molar-refractivity contribution < 1.29 is 17.9 Å². The first-order valence-corrected chi connectivity index (χ1v) is 8.25. The molecule has 0 saturated heterocycles. The Morgan fingerprint density at radius 3 is 2.18 bits per heavy atom. The molecule has 0 radical (unpaired) electrons. The van der Waals surface area contributed by atoms with Crippen molar-refractivity contribution in [3.8, 4) is 11.5 Å². The molecule has 0 aromatic heterocycles. The van der Waals surface area contributed by atoms with Crippen LogP contribution >= 0.6 is 0 Å². The average Bonchev–Trinajstić information content (AvgIpc) is 2.54. The lowest BCUT2D eigenvalue weighted by Gasteiger charge is -2.17. The maximum Gasteiger partial charge on any atom is 0.241 e. The standard InChI is InChI=1S/C16H19NO4S/c1-12(15-6-4-5-7-16(15)21-3)17-22(18,19)14-10-8-13(20-2)9-11-14/h4-12,17H,1-3H3/t12-/m0/s1. The Hall–Kier alpha value is -2.05. The van der Waals surface area contributed by atoms with Crippen LogP contribution in [-0.2, 0) is 10.0 Å². The molecule has 0 saturated carbocycles. The smallest absolute Gasteiger partial charge is 0.241 e. The summed E-state index contributed by atoms with van der Waals surface area (Å²) in [5, 5.41) is 0. The first-order chi connectivity index (χ1) is 10.5. The van der Waals surface area contributed by atoms with Crippen LogP contribution in [0, 0.1) is 0 Å². The molecule has 2 aromatic carbocycles. The second kappa shape index (κ2) is 6.81. The molecule has 0 spiro atoms. The minimum absolute atomic E-state index is 0.190. The van der Waals surface area contributed by atoms with E-state index in [0.29, 0.717) is 11.5 Å². The molecular formula is C16H19NO4S. The van der Waals surface area contributed by atoms with Gasteiger partial charge in [-0.2, -0.15) is 0 Å². The quantitative estimate of drug-likeness (QED) is 0.888. The fraction of sp³-hybridized carbons (Fsp3) is 0.250. The number of hydrogen-bond donors (Lipinski definition) is 1. The molecule has 5 nitrogen and oxygen atoms in total. The van der Waals surface area contributed by atoms with E-state index in [1.807, 2.05) is 18.2 Å². The molecule has 2 aromatic rings. The molecule has 1 atom stereocenters. The average molecular weight is 321 g/mol. The molecule has 118 valence electrons. The van der Waals surface area contributed by atoms with Crippen LogP contribution in [0.4, 0.5) is 0 Å². The lowest BCUT2D eigenvalue weighted by atomic mass is 10.1. The molecule has 0 fully saturated rings. The van der Waals surface area contributed by atoms with Gasteiger partial charge in [-0.05, 0) is 37.3 Å². The Bertz CT molecular complexity index is 726. The van der Waals surface area contributed by atoms with Crippen molar-refractivity contribution in [1.82, 2.24) is 4.72 Å². The Kier molecular flexibility index (Phi) is 5.05. The number of para-hydroxylation sites is 1. The van der Waals surface area contributed by atoms with E-state index in [4.69, 9.17) is 9.47 Å². The van der Waals surface area contributed by atoms with E-state index in [1.165, 1.54) is 19.2 Å². The summed E-state index contributed by atoms with van der Waals surface area (Å²) in [4.78, 5) is 0.190. The summed E-state index contributed by atoms with van der Waals surface area (Å²) in [6.45, 7) is 1.78. The monoisotopic (exact) mass is 321 g/mol. The van der Waals surface area contributed by atoms with E-state index in [2.05, 4.69) is 4.72 Å². The third-order valence-electron chi connectivity index (χ3n) is 3.31. The number of ether oxygens (including phenoxy) is 2. The highest BCUT2D eigenvalue weighted by molar-refractivity contribution is 7.89. The maximum absolute atomic E-state index is 12.4. The summed E-state index contributed by atoms with van der Waals surface area (Å²) in [6.07, 6.45) is 0. The maximum atomic E-state index is 12.4. The van der Waals surface area contributed by atoms with Crippen LogP contribution in [0.15, 0.2) is 53.4 Å². The van der Waals surface area contributed by atoms with Gasteiger partial charge in [-0.1, -0.05) is 18.2 Å². The molecule has 0 heterocycles. The number of benzene rings is 2. The predicted octanol–water partition coefficient (Wildman–Crippen LogP) is 2.74. The highest BCUT2D eigenvalue weighted by Crippen LogP contribution is 2.26. The molecule has 6 heteroatoms. The van der Waals surface area contributed by atoms with Gasteiger partial charge in [-0.3, -0.25) is 0 Å². The van der Waals surface area contributed by atoms with E-state index in [-0.39, 0.29) is 4.90 Å². The van der Waals surface area contributed by atoms with Gasteiger partial charge in [0.1, 0.15) is 11.5 Å². The van der Waals surface area contributed by atoms with Crippen LogP contribution in [0.3, 0.4) is 0 Å². The van der Waals surface area contributed by atoms with Gasteiger partial charge in [0, 0.05) is 11.6 Å². The molecule has 0 aliphatic carbocycles. The summed E-state index contributed by atoms with van der Waals surface area (Å²) in [7, 11) is -0.526. The van der Waals surface area contributed by atoms with Gasteiger partial charge in [0.15, 0.2) is 0 Å². The molecule has 0 amide bonds. The van der Waals surface area contributed by atoms with Crippen molar-refractivity contribution in [3.63, 3.8) is 0 Å². The van der Waals surface area contributed by atoms with Crippen molar-refractivity contribution in [2.24, 2.45) is 0 Å². The van der Waals surface area contributed by atoms with Crippen molar-refractivity contribution >= 4 is 10.0 Å². The summed E-state index contributed by atoms with van der Waals surface area (Å²) >= 11 is 0. The first-order valence-electron chi connectivity index (χ1n) is 6.77. The molecule has 2 rings (SSSR count). The Labute approximate surface area is 130 Å². The van der Waals surface area contributed by atoms with Crippen LogP contribution in [0.1, 0.15) is 18.5 Å². The van der Waals surface area contributed by atoms with Crippen LogP contribution in [-0.4, -0.2) is 22.6 Å². The minimum atomic E-state index is -3.62. The van der Waals surface area contributed by atoms with Crippen LogP contribution in [0.25, 0.3) is 0 Å². The van der Waals surface area contributed by atoms with E-state index < -0.39 is 16.1 Å². The number of methoxy groups -OCH3 is 2. The van der Waals surface area contributed by atoms with Crippen LogP contribution < -0.4 is 14.2 Å². The molecule has 0 unspecified atom stereocenters. The highest BCUT2D eigenvalue weighted by Gasteiger charge is 2.20. The number of nitrogens with one attached hydrogen (secondary N) is 1. The Morgan fingerprint density at radius 1 is 0.955 bits per heavy atom. The second-order valence-corrected chi connectivity index (χ2v) is 6.47. The largest absolute Gasteiger partial charge is 0.497 e. The second-order valence-electron chi connectivity index (χ2n) is 4.76. The van der Waals surface area contributed by atoms with Crippen molar-refractivity contribution in [1.29, 1.82) is 0 Å². The van der Waals surface area contributed by atoms with Gasteiger partial charge in [0.2, 0.25) is 10.0 Å². The highest BCUT2D eigenvalue weighted by atomic mass is 32.2. The lowest BCUT2D eigenvalue weighted by Crippen LogP contribution is -2.27. The topological polar surface area (TPSA) is 64.6 Å². The van der Waals surface area contributed by atoms with E-state index >= 15 is 0 Å². The fourth-order valence-electron chi connectivity index (χ4n) is 2.14. The van der Waals surface area contributed by atoms with Crippen LogP contribution in [0.5, 0.6) is 11.5 Å². The molecule has 1 N–H and O–H groups in total. The van der Waals surface area contributed by atoms with Gasteiger partial charge < -0.3 is 9.47 Å². The Morgan fingerprint density at radius 2 is 1.59 bits per heavy atom. The summed E-state index contributed by atoms with van der Waals surface area (Å²) in [5.74, 6) is 1.25. The molecule has 0 aliphatic heterocycles.